The molecule has 0 aliphatic carbocycles. The molecule has 2 rings (SSSR count). The van der Waals surface area contributed by atoms with Crippen molar-refractivity contribution in [2.75, 3.05) is 44.3 Å². The Hall–Kier alpha value is -0.550. The summed E-state index contributed by atoms with van der Waals surface area (Å²) in [7, 11) is 0. The molecule has 0 bridgehead atoms. The first-order chi connectivity index (χ1) is 9.17. The van der Waals surface area contributed by atoms with E-state index in [1.165, 1.54) is 0 Å². The van der Waals surface area contributed by atoms with Gasteiger partial charge >= 0.3 is 0 Å². The minimum Gasteiger partial charge on any atom is -0.368 e. The highest BCUT2D eigenvalue weighted by Crippen LogP contribution is 2.32. The number of nitrogens with zero attached hydrogens (tertiary/aromatic N) is 2. The fourth-order valence-electron chi connectivity index (χ4n) is 2.37. The van der Waals surface area contributed by atoms with Crippen LogP contribution in [-0.2, 0) is 0 Å². The molecule has 19 heavy (non-hydrogen) atoms. The van der Waals surface area contributed by atoms with Crippen LogP contribution in [0.3, 0.4) is 0 Å². The van der Waals surface area contributed by atoms with Crippen molar-refractivity contribution >= 4 is 28.9 Å². The van der Waals surface area contributed by atoms with Crippen molar-refractivity contribution < 1.29 is 4.39 Å². The fourth-order valence-corrected chi connectivity index (χ4v) is 2.79. The van der Waals surface area contributed by atoms with E-state index in [9.17, 15) is 4.39 Å². The summed E-state index contributed by atoms with van der Waals surface area (Å²) < 4.78 is 12.8. The quantitative estimate of drug-likeness (QED) is 0.927. The van der Waals surface area contributed by atoms with E-state index in [1.807, 2.05) is 12.1 Å². The van der Waals surface area contributed by atoms with Crippen molar-refractivity contribution in [2.45, 2.75) is 6.04 Å². The number of piperazine rings is 1. The fraction of sp³-hybridized carbons (Fsp3) is 0.538. The summed E-state index contributed by atoms with van der Waals surface area (Å²) in [5, 5.41) is 1.14. The smallest absolute Gasteiger partial charge is 0.106 e. The van der Waals surface area contributed by atoms with Gasteiger partial charge in [0.2, 0.25) is 0 Å². The molecular weight excluding hydrogens is 288 g/mol. The zero-order valence-electron chi connectivity index (χ0n) is 10.7. The van der Waals surface area contributed by atoms with Crippen molar-refractivity contribution in [1.29, 1.82) is 0 Å². The second kappa shape index (κ2) is 6.75. The summed E-state index contributed by atoms with van der Waals surface area (Å²) in [6.07, 6.45) is 0. The second-order valence-corrected chi connectivity index (χ2v) is 5.42. The zero-order chi connectivity index (χ0) is 13.8. The Labute approximate surface area is 123 Å². The number of nitrogens with two attached hydrogens (primary N) is 1. The van der Waals surface area contributed by atoms with E-state index in [-0.39, 0.29) is 6.04 Å². The molecule has 1 atom stereocenters. The molecule has 0 radical (unpaired) electrons. The standard InChI is InChI=1S/C13H18Cl2FN3/c14-11-2-1-3-12(13(11)15)19-6-4-18(5-7-19)10(8-16)9-17/h1-3,10H,4-9,17H2. The first kappa shape index (κ1) is 14.9. The number of benzene rings is 1. The van der Waals surface area contributed by atoms with Crippen LogP contribution in [0.4, 0.5) is 10.1 Å². The number of halogens is 3. The molecule has 0 aromatic heterocycles. The summed E-state index contributed by atoms with van der Waals surface area (Å²) in [6, 6.07) is 5.45. The van der Waals surface area contributed by atoms with Crippen molar-refractivity contribution in [1.82, 2.24) is 4.90 Å². The zero-order valence-corrected chi connectivity index (χ0v) is 12.2. The van der Waals surface area contributed by atoms with Crippen LogP contribution in [0.5, 0.6) is 0 Å². The predicted molar refractivity (Wildman–Crippen MR) is 79.1 cm³/mol. The van der Waals surface area contributed by atoms with E-state index in [2.05, 4.69) is 9.80 Å². The Morgan fingerprint density at radius 3 is 2.47 bits per heavy atom. The molecule has 1 fully saturated rings. The predicted octanol–water partition coefficient (Wildman–Crippen LogP) is 2.41. The van der Waals surface area contributed by atoms with Gasteiger partial charge in [0.05, 0.1) is 21.8 Å². The third-order valence-electron chi connectivity index (χ3n) is 3.55. The summed E-state index contributed by atoms with van der Waals surface area (Å²) in [5.74, 6) is 0. The van der Waals surface area contributed by atoms with Crippen molar-refractivity contribution in [3.63, 3.8) is 0 Å². The molecule has 1 heterocycles. The molecule has 1 aliphatic heterocycles. The van der Waals surface area contributed by atoms with Gasteiger partial charge in [-0.2, -0.15) is 0 Å². The van der Waals surface area contributed by atoms with Crippen LogP contribution in [0.2, 0.25) is 10.0 Å². The monoisotopic (exact) mass is 305 g/mol. The lowest BCUT2D eigenvalue weighted by Gasteiger charge is -2.39. The van der Waals surface area contributed by atoms with Crippen molar-refractivity contribution in [3.8, 4) is 0 Å². The van der Waals surface area contributed by atoms with Gasteiger partial charge in [-0.15, -0.1) is 0 Å². The SMILES string of the molecule is NCC(CF)N1CCN(c2cccc(Cl)c2Cl)CC1. The number of rotatable bonds is 4. The molecule has 0 amide bonds. The largest absolute Gasteiger partial charge is 0.368 e. The molecule has 1 aliphatic rings. The van der Waals surface area contributed by atoms with Crippen LogP contribution >= 0.6 is 23.2 Å². The van der Waals surface area contributed by atoms with Gasteiger partial charge in [-0.05, 0) is 12.1 Å². The Balaban J connectivity index is 2.02. The molecule has 1 saturated heterocycles. The average Bonchev–Trinajstić information content (AvgIpc) is 2.44. The van der Waals surface area contributed by atoms with Crippen LogP contribution in [-0.4, -0.2) is 50.3 Å². The summed E-state index contributed by atoms with van der Waals surface area (Å²) >= 11 is 12.2. The molecular formula is C13H18Cl2FN3. The van der Waals surface area contributed by atoms with Gasteiger partial charge < -0.3 is 10.6 Å². The third-order valence-corrected chi connectivity index (χ3v) is 4.36. The number of anilines is 1. The molecule has 3 nitrogen and oxygen atoms in total. The summed E-state index contributed by atoms with van der Waals surface area (Å²) in [5.41, 5.74) is 6.51. The van der Waals surface area contributed by atoms with Crippen LogP contribution < -0.4 is 10.6 Å². The summed E-state index contributed by atoms with van der Waals surface area (Å²) in [4.78, 5) is 4.27. The Morgan fingerprint density at radius 2 is 1.89 bits per heavy atom. The highest BCUT2D eigenvalue weighted by molar-refractivity contribution is 6.43. The van der Waals surface area contributed by atoms with Gasteiger partial charge in [-0.25, -0.2) is 4.39 Å². The van der Waals surface area contributed by atoms with Crippen LogP contribution in [0.25, 0.3) is 0 Å². The first-order valence-electron chi connectivity index (χ1n) is 6.36. The van der Waals surface area contributed by atoms with Gasteiger partial charge in [0.25, 0.3) is 0 Å². The Kier molecular flexibility index (Phi) is 5.28. The van der Waals surface area contributed by atoms with Gasteiger partial charge in [-0.3, -0.25) is 4.90 Å². The molecule has 6 heteroatoms. The number of hydrogen-bond donors (Lipinski definition) is 1. The lowest BCUT2D eigenvalue weighted by atomic mass is 10.2. The molecule has 1 aromatic rings. The van der Waals surface area contributed by atoms with Crippen LogP contribution in [0.15, 0.2) is 18.2 Å². The lowest BCUT2D eigenvalue weighted by Crippen LogP contribution is -2.53. The maximum Gasteiger partial charge on any atom is 0.106 e. The summed E-state index contributed by atoms with van der Waals surface area (Å²) in [6.45, 7) is 3.14. The lowest BCUT2D eigenvalue weighted by molar-refractivity contribution is 0.161. The van der Waals surface area contributed by atoms with Crippen molar-refractivity contribution in [3.05, 3.63) is 28.2 Å². The van der Waals surface area contributed by atoms with E-state index in [0.29, 0.717) is 16.6 Å². The maximum absolute atomic E-state index is 12.8. The van der Waals surface area contributed by atoms with Gasteiger partial charge in [0.1, 0.15) is 6.67 Å². The molecule has 0 saturated carbocycles. The highest BCUT2D eigenvalue weighted by atomic mass is 35.5. The topological polar surface area (TPSA) is 32.5 Å². The van der Waals surface area contributed by atoms with E-state index in [4.69, 9.17) is 28.9 Å². The third kappa shape index (κ3) is 3.31. The molecule has 0 spiro atoms. The number of hydrogen-bond acceptors (Lipinski definition) is 3. The van der Waals surface area contributed by atoms with Gasteiger partial charge in [-0.1, -0.05) is 29.3 Å². The van der Waals surface area contributed by atoms with Crippen LogP contribution in [0, 0.1) is 0 Å². The highest BCUT2D eigenvalue weighted by Gasteiger charge is 2.24. The average molecular weight is 306 g/mol. The van der Waals surface area contributed by atoms with Gasteiger partial charge in [0.15, 0.2) is 0 Å². The molecule has 106 valence electrons. The Morgan fingerprint density at radius 1 is 1.21 bits per heavy atom. The minimum absolute atomic E-state index is 0.169. The minimum atomic E-state index is -0.394. The Bertz CT molecular complexity index is 418. The molecule has 2 N–H and O–H groups in total. The second-order valence-electron chi connectivity index (χ2n) is 4.64. The van der Waals surface area contributed by atoms with Crippen molar-refractivity contribution in [2.24, 2.45) is 5.73 Å². The van der Waals surface area contributed by atoms with Gasteiger partial charge in [0, 0.05) is 32.7 Å². The number of alkyl halides is 1. The van der Waals surface area contributed by atoms with E-state index >= 15 is 0 Å². The normalized spacial score (nSPS) is 18.6. The van der Waals surface area contributed by atoms with Crippen LogP contribution in [0.1, 0.15) is 0 Å². The van der Waals surface area contributed by atoms with E-state index in [0.717, 1.165) is 31.9 Å². The maximum atomic E-state index is 12.8. The first-order valence-corrected chi connectivity index (χ1v) is 7.12. The molecule has 1 aromatic carbocycles. The van der Waals surface area contributed by atoms with E-state index < -0.39 is 6.67 Å². The van der Waals surface area contributed by atoms with E-state index in [1.54, 1.807) is 6.07 Å². The molecule has 1 unspecified atom stereocenters.